The average Bonchev–Trinajstić information content (AvgIpc) is 3.25. The van der Waals surface area contributed by atoms with Gasteiger partial charge < -0.3 is 0 Å². The summed E-state index contributed by atoms with van der Waals surface area (Å²) in [7, 11) is 0. The van der Waals surface area contributed by atoms with Crippen LogP contribution in [0.4, 0.5) is 5.13 Å². The molecule has 136 valence electrons. The number of rotatable bonds is 6. The van der Waals surface area contributed by atoms with Crippen LogP contribution in [0.3, 0.4) is 0 Å². The molecule has 0 aliphatic rings. The van der Waals surface area contributed by atoms with Gasteiger partial charge in [-0.25, -0.2) is 4.98 Å². The standard InChI is InChI=1S/C24H19N3S/c1-4-10-19(11-5-1)16-17-22(20-12-6-2-7-13-20)26-27-24-25-23(18-28-24)21-14-8-3-9-15-21/h1-18H,(H,25,27)/b17-16+,26-22+. The summed E-state index contributed by atoms with van der Waals surface area (Å²) in [6.45, 7) is 0. The summed E-state index contributed by atoms with van der Waals surface area (Å²) < 4.78 is 0. The third kappa shape index (κ3) is 4.61. The fraction of sp³-hybridized carbons (Fsp3) is 0. The molecule has 4 heteroatoms. The number of hydrogen-bond acceptors (Lipinski definition) is 4. The van der Waals surface area contributed by atoms with Crippen molar-refractivity contribution in [2.75, 3.05) is 5.43 Å². The second-order valence-electron chi connectivity index (χ2n) is 6.12. The van der Waals surface area contributed by atoms with E-state index >= 15 is 0 Å². The van der Waals surface area contributed by atoms with Gasteiger partial charge in [0.1, 0.15) is 0 Å². The maximum Gasteiger partial charge on any atom is 0.203 e. The number of hydrogen-bond donors (Lipinski definition) is 1. The smallest absolute Gasteiger partial charge is 0.203 e. The van der Waals surface area contributed by atoms with E-state index in [0.717, 1.165) is 33.2 Å². The van der Waals surface area contributed by atoms with Crippen molar-refractivity contribution in [1.82, 2.24) is 4.98 Å². The van der Waals surface area contributed by atoms with Gasteiger partial charge in [-0.2, -0.15) is 5.10 Å². The molecular weight excluding hydrogens is 362 g/mol. The topological polar surface area (TPSA) is 37.3 Å². The Morgan fingerprint density at radius 3 is 2.18 bits per heavy atom. The Balaban J connectivity index is 1.57. The molecule has 0 atom stereocenters. The van der Waals surface area contributed by atoms with Gasteiger partial charge >= 0.3 is 0 Å². The lowest BCUT2D eigenvalue weighted by atomic mass is 10.1. The van der Waals surface area contributed by atoms with Gasteiger partial charge in [-0.15, -0.1) is 11.3 Å². The average molecular weight is 382 g/mol. The van der Waals surface area contributed by atoms with Crippen molar-refractivity contribution >= 4 is 28.3 Å². The molecule has 0 unspecified atom stereocenters. The number of nitrogens with zero attached hydrogens (tertiary/aromatic N) is 2. The zero-order chi connectivity index (χ0) is 19.0. The summed E-state index contributed by atoms with van der Waals surface area (Å²) in [4.78, 5) is 4.64. The predicted octanol–water partition coefficient (Wildman–Crippen LogP) is 6.34. The Morgan fingerprint density at radius 2 is 1.46 bits per heavy atom. The zero-order valence-corrected chi connectivity index (χ0v) is 16.0. The Bertz CT molecular complexity index is 1070. The van der Waals surface area contributed by atoms with Gasteiger partial charge in [0.2, 0.25) is 5.13 Å². The van der Waals surface area contributed by atoms with E-state index < -0.39 is 0 Å². The molecule has 4 rings (SSSR count). The van der Waals surface area contributed by atoms with Crippen molar-refractivity contribution in [2.45, 2.75) is 0 Å². The van der Waals surface area contributed by atoms with E-state index in [4.69, 9.17) is 0 Å². The molecule has 28 heavy (non-hydrogen) atoms. The van der Waals surface area contributed by atoms with Crippen LogP contribution in [-0.4, -0.2) is 10.7 Å². The molecule has 0 saturated carbocycles. The Kier molecular flexibility index (Phi) is 5.71. The monoisotopic (exact) mass is 381 g/mol. The van der Waals surface area contributed by atoms with Crippen molar-refractivity contribution in [3.63, 3.8) is 0 Å². The van der Waals surface area contributed by atoms with Crippen LogP contribution in [0.15, 0.2) is 108 Å². The van der Waals surface area contributed by atoms with Crippen molar-refractivity contribution < 1.29 is 0 Å². The maximum absolute atomic E-state index is 4.64. The highest BCUT2D eigenvalue weighted by Gasteiger charge is 2.04. The molecule has 0 aliphatic carbocycles. The summed E-state index contributed by atoms with van der Waals surface area (Å²) in [5.74, 6) is 0. The van der Waals surface area contributed by atoms with Gasteiger partial charge in [-0.1, -0.05) is 97.1 Å². The number of aromatic nitrogens is 1. The maximum atomic E-state index is 4.64. The second-order valence-corrected chi connectivity index (χ2v) is 6.98. The van der Waals surface area contributed by atoms with Crippen molar-refractivity contribution in [1.29, 1.82) is 0 Å². The number of nitrogens with one attached hydrogen (secondary N) is 1. The van der Waals surface area contributed by atoms with Crippen LogP contribution in [-0.2, 0) is 0 Å². The van der Waals surface area contributed by atoms with E-state index in [2.05, 4.69) is 45.9 Å². The van der Waals surface area contributed by atoms with Crippen LogP contribution in [0.2, 0.25) is 0 Å². The summed E-state index contributed by atoms with van der Waals surface area (Å²) in [6.07, 6.45) is 4.08. The van der Waals surface area contributed by atoms with Gasteiger partial charge in [-0.3, -0.25) is 5.43 Å². The molecule has 0 aliphatic heterocycles. The van der Waals surface area contributed by atoms with E-state index in [1.807, 2.05) is 78.2 Å². The van der Waals surface area contributed by atoms with Crippen molar-refractivity contribution in [3.05, 3.63) is 114 Å². The van der Waals surface area contributed by atoms with Crippen LogP contribution in [0.5, 0.6) is 0 Å². The minimum Gasteiger partial charge on any atom is -0.252 e. The van der Waals surface area contributed by atoms with Crippen LogP contribution < -0.4 is 5.43 Å². The number of anilines is 1. The normalized spacial score (nSPS) is 11.6. The molecule has 0 amide bonds. The van der Waals surface area contributed by atoms with Crippen LogP contribution in [0.25, 0.3) is 17.3 Å². The zero-order valence-electron chi connectivity index (χ0n) is 15.2. The van der Waals surface area contributed by atoms with Crippen LogP contribution in [0, 0.1) is 0 Å². The highest BCUT2D eigenvalue weighted by molar-refractivity contribution is 7.14. The molecule has 1 N–H and O–H groups in total. The predicted molar refractivity (Wildman–Crippen MR) is 120 cm³/mol. The molecule has 3 nitrogen and oxygen atoms in total. The first-order valence-electron chi connectivity index (χ1n) is 9.02. The first kappa shape index (κ1) is 17.9. The molecular formula is C24H19N3S. The quantitative estimate of drug-likeness (QED) is 0.312. The van der Waals surface area contributed by atoms with Crippen molar-refractivity contribution in [3.8, 4) is 11.3 Å². The molecule has 1 heterocycles. The second kappa shape index (κ2) is 8.93. The summed E-state index contributed by atoms with van der Waals surface area (Å²) in [6, 6.07) is 30.5. The molecule has 0 spiro atoms. The SMILES string of the molecule is C(=C\c1ccccc1)/C(=N\Nc1nc(-c2ccccc2)cs1)c1ccccc1. The van der Waals surface area contributed by atoms with Crippen LogP contribution in [0.1, 0.15) is 11.1 Å². The number of allylic oxidation sites excluding steroid dienone is 1. The minimum absolute atomic E-state index is 0.764. The fourth-order valence-electron chi connectivity index (χ4n) is 2.72. The minimum atomic E-state index is 0.764. The highest BCUT2D eigenvalue weighted by Crippen LogP contribution is 2.24. The first-order valence-corrected chi connectivity index (χ1v) is 9.90. The largest absolute Gasteiger partial charge is 0.252 e. The van der Waals surface area contributed by atoms with E-state index in [-0.39, 0.29) is 0 Å². The molecule has 3 aromatic carbocycles. The van der Waals surface area contributed by atoms with Crippen LogP contribution >= 0.6 is 11.3 Å². The van der Waals surface area contributed by atoms with Gasteiger partial charge in [0.05, 0.1) is 11.4 Å². The number of benzene rings is 3. The van der Waals surface area contributed by atoms with E-state index in [1.54, 1.807) is 11.3 Å². The molecule has 4 aromatic rings. The first-order chi connectivity index (χ1) is 13.9. The van der Waals surface area contributed by atoms with Gasteiger partial charge in [0, 0.05) is 16.5 Å². The van der Waals surface area contributed by atoms with Gasteiger partial charge in [0.15, 0.2) is 0 Å². The van der Waals surface area contributed by atoms with Crippen molar-refractivity contribution in [2.24, 2.45) is 5.10 Å². The molecule has 1 aromatic heterocycles. The van der Waals surface area contributed by atoms with E-state index in [9.17, 15) is 0 Å². The summed E-state index contributed by atoms with van der Waals surface area (Å²) >= 11 is 1.54. The lowest BCUT2D eigenvalue weighted by Gasteiger charge is -2.03. The lowest BCUT2D eigenvalue weighted by molar-refractivity contribution is 1.28. The molecule has 0 saturated heterocycles. The third-order valence-corrected chi connectivity index (χ3v) is 4.90. The third-order valence-electron chi connectivity index (χ3n) is 4.15. The summed E-state index contributed by atoms with van der Waals surface area (Å²) in [5, 5.41) is 7.42. The molecule has 0 fully saturated rings. The van der Waals surface area contributed by atoms with Gasteiger partial charge in [0.25, 0.3) is 0 Å². The number of hydrazone groups is 1. The molecule has 0 bridgehead atoms. The van der Waals surface area contributed by atoms with Gasteiger partial charge in [-0.05, 0) is 11.6 Å². The van der Waals surface area contributed by atoms with E-state index in [1.165, 1.54) is 0 Å². The molecule has 0 radical (unpaired) electrons. The number of thiazole rings is 1. The lowest BCUT2D eigenvalue weighted by Crippen LogP contribution is -2.01. The Morgan fingerprint density at radius 1 is 0.821 bits per heavy atom. The highest BCUT2D eigenvalue weighted by atomic mass is 32.1. The Labute approximate surface area is 168 Å². The van der Waals surface area contributed by atoms with E-state index in [0.29, 0.717) is 0 Å². The Hall–Kier alpha value is -3.50. The fourth-order valence-corrected chi connectivity index (χ4v) is 3.38. The summed E-state index contributed by atoms with van der Waals surface area (Å²) in [5.41, 5.74) is 8.19.